The standard InChI is InChI=1S/C16H30O4Si/c1-12(8-9-15(17)18-5)14(10-13-11-19-13)20-21(6,7)16(2,3)4/h8-9,12-14H,10-11H2,1-7H3/b9-8+/t12-,13-,14-/m0/s1. The van der Waals surface area contributed by atoms with E-state index in [1.54, 1.807) is 0 Å². The van der Waals surface area contributed by atoms with Gasteiger partial charge < -0.3 is 13.9 Å². The summed E-state index contributed by atoms with van der Waals surface area (Å²) in [6, 6.07) is 0. The van der Waals surface area contributed by atoms with Gasteiger partial charge in [-0.15, -0.1) is 0 Å². The molecule has 1 fully saturated rings. The molecule has 0 unspecified atom stereocenters. The number of epoxide rings is 1. The fourth-order valence-corrected chi connectivity index (χ4v) is 3.23. The smallest absolute Gasteiger partial charge is 0.330 e. The van der Waals surface area contributed by atoms with Crippen molar-refractivity contribution in [2.24, 2.45) is 5.92 Å². The van der Waals surface area contributed by atoms with Crippen LogP contribution >= 0.6 is 0 Å². The van der Waals surface area contributed by atoms with Crippen molar-refractivity contribution in [2.75, 3.05) is 13.7 Å². The van der Waals surface area contributed by atoms with Crippen LogP contribution in [0.3, 0.4) is 0 Å². The van der Waals surface area contributed by atoms with Gasteiger partial charge in [-0.05, 0) is 24.1 Å². The lowest BCUT2D eigenvalue weighted by Gasteiger charge is -2.40. The molecule has 3 atom stereocenters. The minimum atomic E-state index is -1.84. The average Bonchev–Trinajstić information content (AvgIpc) is 3.16. The van der Waals surface area contributed by atoms with Crippen LogP contribution in [-0.2, 0) is 18.7 Å². The Morgan fingerprint density at radius 2 is 2.00 bits per heavy atom. The first-order valence-electron chi connectivity index (χ1n) is 7.62. The maximum Gasteiger partial charge on any atom is 0.330 e. The second kappa shape index (κ2) is 7.07. The molecule has 1 aliphatic heterocycles. The lowest BCUT2D eigenvalue weighted by atomic mass is 10.00. The van der Waals surface area contributed by atoms with Crippen LogP contribution < -0.4 is 0 Å². The van der Waals surface area contributed by atoms with Gasteiger partial charge in [0.2, 0.25) is 0 Å². The van der Waals surface area contributed by atoms with Gasteiger partial charge in [-0.3, -0.25) is 0 Å². The van der Waals surface area contributed by atoms with Crippen molar-refractivity contribution in [1.29, 1.82) is 0 Å². The van der Waals surface area contributed by atoms with Gasteiger partial charge in [0.1, 0.15) is 0 Å². The van der Waals surface area contributed by atoms with Gasteiger partial charge in [0.15, 0.2) is 8.32 Å². The van der Waals surface area contributed by atoms with Crippen LogP contribution in [0.2, 0.25) is 18.1 Å². The van der Waals surface area contributed by atoms with Crippen molar-refractivity contribution in [3.8, 4) is 0 Å². The van der Waals surface area contributed by atoms with Crippen LogP contribution in [0.4, 0.5) is 0 Å². The number of hydrogen-bond donors (Lipinski definition) is 0. The predicted octanol–water partition coefficient (Wildman–Crippen LogP) is 3.53. The summed E-state index contributed by atoms with van der Waals surface area (Å²) in [7, 11) is -0.452. The normalized spacial score (nSPS) is 22.1. The van der Waals surface area contributed by atoms with Crippen LogP contribution in [-0.4, -0.2) is 40.2 Å². The van der Waals surface area contributed by atoms with Crippen LogP contribution in [0, 0.1) is 5.92 Å². The van der Waals surface area contributed by atoms with Gasteiger partial charge >= 0.3 is 5.97 Å². The topological polar surface area (TPSA) is 48.1 Å². The Bertz CT molecular complexity index is 380. The van der Waals surface area contributed by atoms with Crippen molar-refractivity contribution in [3.05, 3.63) is 12.2 Å². The predicted molar refractivity (Wildman–Crippen MR) is 86.7 cm³/mol. The van der Waals surface area contributed by atoms with Gasteiger partial charge in [-0.25, -0.2) is 4.79 Å². The van der Waals surface area contributed by atoms with E-state index in [1.807, 2.05) is 6.08 Å². The van der Waals surface area contributed by atoms with E-state index >= 15 is 0 Å². The molecule has 0 aromatic heterocycles. The van der Waals surface area contributed by atoms with Gasteiger partial charge in [0.05, 0.1) is 25.9 Å². The molecule has 0 N–H and O–H groups in total. The zero-order chi connectivity index (χ0) is 16.3. The first-order chi connectivity index (χ1) is 9.56. The second-order valence-corrected chi connectivity index (χ2v) is 12.1. The molecule has 0 saturated carbocycles. The molecule has 21 heavy (non-hydrogen) atoms. The molecule has 0 aliphatic carbocycles. The van der Waals surface area contributed by atoms with Crippen molar-refractivity contribution < 1.29 is 18.7 Å². The summed E-state index contributed by atoms with van der Waals surface area (Å²) >= 11 is 0. The lowest BCUT2D eigenvalue weighted by molar-refractivity contribution is -0.134. The number of rotatable bonds is 7. The van der Waals surface area contributed by atoms with Crippen LogP contribution in [0.5, 0.6) is 0 Å². The van der Waals surface area contributed by atoms with E-state index in [-0.39, 0.29) is 23.0 Å². The monoisotopic (exact) mass is 314 g/mol. The molecule has 0 amide bonds. The number of ether oxygens (including phenoxy) is 2. The molecule has 0 radical (unpaired) electrons. The van der Waals surface area contributed by atoms with Crippen LogP contribution in [0.25, 0.3) is 0 Å². The highest BCUT2D eigenvalue weighted by molar-refractivity contribution is 6.74. The maximum absolute atomic E-state index is 11.3. The third kappa shape index (κ3) is 5.92. The van der Waals surface area contributed by atoms with E-state index in [2.05, 4.69) is 45.5 Å². The molecule has 1 aliphatic rings. The van der Waals surface area contributed by atoms with E-state index < -0.39 is 8.32 Å². The van der Waals surface area contributed by atoms with E-state index in [0.717, 1.165) is 13.0 Å². The Kier molecular flexibility index (Phi) is 6.19. The number of hydrogen-bond acceptors (Lipinski definition) is 4. The van der Waals surface area contributed by atoms with E-state index in [1.165, 1.54) is 13.2 Å². The Morgan fingerprint density at radius 1 is 1.43 bits per heavy atom. The molecule has 1 rings (SSSR count). The average molecular weight is 314 g/mol. The van der Waals surface area contributed by atoms with Crippen molar-refractivity contribution >= 4 is 14.3 Å². The molecule has 4 nitrogen and oxygen atoms in total. The number of carbonyl (C=O) groups is 1. The number of carbonyl (C=O) groups excluding carboxylic acids is 1. The van der Waals surface area contributed by atoms with Crippen molar-refractivity contribution in [2.45, 2.75) is 64.5 Å². The molecule has 0 aromatic rings. The van der Waals surface area contributed by atoms with Crippen LogP contribution in [0.1, 0.15) is 34.1 Å². The molecule has 1 saturated heterocycles. The summed E-state index contributed by atoms with van der Waals surface area (Å²) in [5.74, 6) is -0.168. The van der Waals surface area contributed by atoms with E-state index in [0.29, 0.717) is 6.10 Å². The fourth-order valence-electron chi connectivity index (χ4n) is 1.81. The van der Waals surface area contributed by atoms with Gasteiger partial charge in [-0.1, -0.05) is 33.8 Å². The van der Waals surface area contributed by atoms with Crippen molar-refractivity contribution in [3.63, 3.8) is 0 Å². The van der Waals surface area contributed by atoms with Crippen LogP contribution in [0.15, 0.2) is 12.2 Å². The highest BCUT2D eigenvalue weighted by atomic mass is 28.4. The first-order valence-corrected chi connectivity index (χ1v) is 10.5. The summed E-state index contributed by atoms with van der Waals surface area (Å²) in [4.78, 5) is 11.3. The lowest BCUT2D eigenvalue weighted by Crippen LogP contribution is -2.45. The highest BCUT2D eigenvalue weighted by Crippen LogP contribution is 2.39. The molecular formula is C16H30O4Si. The maximum atomic E-state index is 11.3. The Balaban J connectivity index is 2.75. The SMILES string of the molecule is COC(=O)/C=C/[C@H](C)[C@H](C[C@H]1CO1)O[Si](C)(C)C(C)(C)C. The largest absolute Gasteiger partial charge is 0.466 e. The summed E-state index contributed by atoms with van der Waals surface area (Å²) in [5.41, 5.74) is 0. The summed E-state index contributed by atoms with van der Waals surface area (Å²) in [6.07, 6.45) is 4.65. The summed E-state index contributed by atoms with van der Waals surface area (Å²) in [5, 5.41) is 0.168. The molecule has 0 aromatic carbocycles. The fraction of sp³-hybridized carbons (Fsp3) is 0.812. The summed E-state index contributed by atoms with van der Waals surface area (Å²) < 4.78 is 16.5. The molecule has 122 valence electrons. The number of methoxy groups -OCH3 is 1. The summed E-state index contributed by atoms with van der Waals surface area (Å²) in [6.45, 7) is 14.1. The molecule has 5 heteroatoms. The molecular weight excluding hydrogens is 284 g/mol. The zero-order valence-electron chi connectivity index (χ0n) is 14.4. The first kappa shape index (κ1) is 18.4. The zero-order valence-corrected chi connectivity index (χ0v) is 15.4. The third-order valence-corrected chi connectivity index (χ3v) is 8.98. The minimum absolute atomic E-state index is 0.0827. The van der Waals surface area contributed by atoms with Gasteiger partial charge in [0.25, 0.3) is 0 Å². The molecule has 1 heterocycles. The Morgan fingerprint density at radius 3 is 2.43 bits per heavy atom. The van der Waals surface area contributed by atoms with Gasteiger partial charge in [-0.2, -0.15) is 0 Å². The molecule has 0 spiro atoms. The Labute approximate surface area is 130 Å². The highest BCUT2D eigenvalue weighted by Gasteiger charge is 2.41. The van der Waals surface area contributed by atoms with E-state index in [4.69, 9.17) is 9.16 Å². The Hall–Kier alpha value is -0.653. The van der Waals surface area contributed by atoms with E-state index in [9.17, 15) is 4.79 Å². The second-order valence-electron chi connectivity index (χ2n) is 7.35. The number of esters is 1. The van der Waals surface area contributed by atoms with Crippen molar-refractivity contribution in [1.82, 2.24) is 0 Å². The minimum Gasteiger partial charge on any atom is -0.466 e. The quantitative estimate of drug-likeness (QED) is 0.312. The molecule has 0 bridgehead atoms. The third-order valence-electron chi connectivity index (χ3n) is 4.47. The van der Waals surface area contributed by atoms with Gasteiger partial charge in [0, 0.05) is 12.5 Å².